The molecule has 2 heterocycles. The van der Waals surface area contributed by atoms with Gasteiger partial charge in [-0.1, -0.05) is 0 Å². The van der Waals surface area contributed by atoms with Gasteiger partial charge in [0.15, 0.2) is 0 Å². The predicted molar refractivity (Wildman–Crippen MR) is 63.1 cm³/mol. The van der Waals surface area contributed by atoms with Crippen LogP contribution in [-0.2, 0) is 13.1 Å². The zero-order chi connectivity index (χ0) is 11.4. The average molecular weight is 223 g/mol. The van der Waals surface area contributed by atoms with E-state index >= 15 is 0 Å². The Morgan fingerprint density at radius 1 is 1.44 bits per heavy atom. The van der Waals surface area contributed by atoms with Gasteiger partial charge in [-0.2, -0.15) is 0 Å². The molecule has 0 saturated carbocycles. The molecule has 1 N–H and O–H groups in total. The fourth-order valence-electron chi connectivity index (χ4n) is 2.13. The molecule has 1 aromatic rings. The predicted octanol–water partition coefficient (Wildman–Crippen LogP) is 0.482. The van der Waals surface area contributed by atoms with Gasteiger partial charge >= 0.3 is 0 Å². The molecule has 5 heteroatoms. The van der Waals surface area contributed by atoms with Crippen LogP contribution in [0.15, 0.2) is 6.33 Å². The zero-order valence-electron chi connectivity index (χ0n) is 10.2. The molecular weight excluding hydrogens is 202 g/mol. The fraction of sp³-hybridized carbons (Fsp3) is 0.818. The van der Waals surface area contributed by atoms with E-state index in [4.69, 9.17) is 0 Å². The Balaban J connectivity index is 1.79. The van der Waals surface area contributed by atoms with Gasteiger partial charge in [0.1, 0.15) is 12.2 Å². The van der Waals surface area contributed by atoms with Gasteiger partial charge in [0.25, 0.3) is 0 Å². The molecule has 0 radical (unpaired) electrons. The van der Waals surface area contributed by atoms with Crippen molar-refractivity contribution in [1.82, 2.24) is 25.0 Å². The summed E-state index contributed by atoms with van der Waals surface area (Å²) in [5.74, 6) is 1.04. The van der Waals surface area contributed by atoms with Gasteiger partial charge in [0.2, 0.25) is 0 Å². The summed E-state index contributed by atoms with van der Waals surface area (Å²) in [6.07, 6.45) is 4.26. The number of aromatic nitrogens is 3. The SMILES string of the molecule is CCn1cnnc1CNC1CCN(C)CC1. The van der Waals surface area contributed by atoms with Crippen molar-refractivity contribution in [1.29, 1.82) is 0 Å². The minimum absolute atomic E-state index is 0.637. The third-order valence-corrected chi connectivity index (χ3v) is 3.30. The highest BCUT2D eigenvalue weighted by atomic mass is 15.3. The Kier molecular flexibility index (Phi) is 3.90. The standard InChI is InChI=1S/C11H21N5/c1-3-16-9-13-14-11(16)8-12-10-4-6-15(2)7-5-10/h9-10,12H,3-8H2,1-2H3. The third kappa shape index (κ3) is 2.80. The van der Waals surface area contributed by atoms with E-state index in [9.17, 15) is 0 Å². The number of nitrogens with zero attached hydrogens (tertiary/aromatic N) is 4. The van der Waals surface area contributed by atoms with Crippen LogP contribution in [0.2, 0.25) is 0 Å². The molecular formula is C11H21N5. The van der Waals surface area contributed by atoms with Gasteiger partial charge in [-0.05, 0) is 39.9 Å². The summed E-state index contributed by atoms with van der Waals surface area (Å²) in [4.78, 5) is 2.38. The molecule has 0 spiro atoms. The molecule has 1 aromatic heterocycles. The lowest BCUT2D eigenvalue weighted by Crippen LogP contribution is -2.40. The number of rotatable bonds is 4. The smallest absolute Gasteiger partial charge is 0.146 e. The second kappa shape index (κ2) is 5.41. The molecule has 0 unspecified atom stereocenters. The maximum Gasteiger partial charge on any atom is 0.146 e. The highest BCUT2D eigenvalue weighted by molar-refractivity contribution is 4.86. The van der Waals surface area contributed by atoms with E-state index in [0.29, 0.717) is 6.04 Å². The van der Waals surface area contributed by atoms with Crippen LogP contribution in [0.4, 0.5) is 0 Å². The molecule has 90 valence electrons. The molecule has 0 aliphatic carbocycles. The van der Waals surface area contributed by atoms with E-state index in [1.807, 2.05) is 0 Å². The van der Waals surface area contributed by atoms with E-state index in [0.717, 1.165) is 18.9 Å². The zero-order valence-corrected chi connectivity index (χ0v) is 10.2. The summed E-state index contributed by atoms with van der Waals surface area (Å²) in [5, 5.41) is 11.6. The fourth-order valence-corrected chi connectivity index (χ4v) is 2.13. The second-order valence-corrected chi connectivity index (χ2v) is 4.49. The molecule has 2 rings (SSSR count). The first-order chi connectivity index (χ1) is 7.79. The normalized spacial score (nSPS) is 19.1. The Labute approximate surface area is 96.8 Å². The van der Waals surface area contributed by atoms with Gasteiger partial charge in [-0.15, -0.1) is 10.2 Å². The molecule has 0 aromatic carbocycles. The third-order valence-electron chi connectivity index (χ3n) is 3.30. The van der Waals surface area contributed by atoms with Crippen molar-refractivity contribution in [2.24, 2.45) is 0 Å². The van der Waals surface area contributed by atoms with Crippen molar-refractivity contribution in [3.63, 3.8) is 0 Å². The number of nitrogens with one attached hydrogen (secondary N) is 1. The van der Waals surface area contributed by atoms with Crippen LogP contribution >= 0.6 is 0 Å². The van der Waals surface area contributed by atoms with Gasteiger partial charge < -0.3 is 14.8 Å². The van der Waals surface area contributed by atoms with E-state index in [1.165, 1.54) is 25.9 Å². The van der Waals surface area contributed by atoms with Gasteiger partial charge in [0, 0.05) is 12.6 Å². The largest absolute Gasteiger partial charge is 0.317 e. The summed E-state index contributed by atoms with van der Waals surface area (Å²) in [6.45, 7) is 6.28. The van der Waals surface area contributed by atoms with Crippen LogP contribution in [0.5, 0.6) is 0 Å². The topological polar surface area (TPSA) is 46.0 Å². The summed E-state index contributed by atoms with van der Waals surface area (Å²) < 4.78 is 2.09. The van der Waals surface area contributed by atoms with Crippen LogP contribution in [0.1, 0.15) is 25.6 Å². The molecule has 1 aliphatic rings. The summed E-state index contributed by atoms with van der Waals surface area (Å²) >= 11 is 0. The minimum Gasteiger partial charge on any atom is -0.317 e. The molecule has 1 aliphatic heterocycles. The first-order valence-electron chi connectivity index (χ1n) is 6.08. The van der Waals surface area contributed by atoms with Crippen molar-refractivity contribution < 1.29 is 0 Å². The molecule has 0 atom stereocenters. The molecule has 5 nitrogen and oxygen atoms in total. The number of likely N-dealkylation sites (tertiary alicyclic amines) is 1. The highest BCUT2D eigenvalue weighted by Gasteiger charge is 2.16. The maximum absolute atomic E-state index is 4.13. The van der Waals surface area contributed by atoms with Gasteiger partial charge in [-0.3, -0.25) is 0 Å². The molecule has 1 fully saturated rings. The summed E-state index contributed by atoms with van der Waals surface area (Å²) in [6, 6.07) is 0.637. The Morgan fingerprint density at radius 3 is 2.88 bits per heavy atom. The van der Waals surface area contributed by atoms with Crippen molar-refractivity contribution in [2.45, 2.75) is 38.9 Å². The molecule has 0 amide bonds. The molecule has 0 bridgehead atoms. The lowest BCUT2D eigenvalue weighted by molar-refractivity contribution is 0.233. The van der Waals surface area contributed by atoms with E-state index in [2.05, 4.69) is 39.0 Å². The summed E-state index contributed by atoms with van der Waals surface area (Å²) in [7, 11) is 2.18. The number of hydrogen-bond acceptors (Lipinski definition) is 4. The van der Waals surface area contributed by atoms with Crippen molar-refractivity contribution >= 4 is 0 Å². The van der Waals surface area contributed by atoms with Crippen LogP contribution in [0, 0.1) is 0 Å². The van der Waals surface area contributed by atoms with Gasteiger partial charge in [0.05, 0.1) is 6.54 Å². The number of aryl methyl sites for hydroxylation is 1. The Hall–Kier alpha value is -0.940. The Morgan fingerprint density at radius 2 is 2.19 bits per heavy atom. The number of hydrogen-bond donors (Lipinski definition) is 1. The average Bonchev–Trinajstić information content (AvgIpc) is 2.76. The first-order valence-corrected chi connectivity index (χ1v) is 6.08. The van der Waals surface area contributed by atoms with Crippen molar-refractivity contribution in [3.8, 4) is 0 Å². The lowest BCUT2D eigenvalue weighted by atomic mass is 10.1. The quantitative estimate of drug-likeness (QED) is 0.806. The maximum atomic E-state index is 4.13. The molecule has 16 heavy (non-hydrogen) atoms. The highest BCUT2D eigenvalue weighted by Crippen LogP contribution is 2.08. The van der Waals surface area contributed by atoms with Crippen LogP contribution in [0.25, 0.3) is 0 Å². The number of piperidine rings is 1. The van der Waals surface area contributed by atoms with E-state index in [1.54, 1.807) is 6.33 Å². The minimum atomic E-state index is 0.637. The van der Waals surface area contributed by atoms with Crippen LogP contribution in [0.3, 0.4) is 0 Å². The second-order valence-electron chi connectivity index (χ2n) is 4.49. The first kappa shape index (κ1) is 11.5. The van der Waals surface area contributed by atoms with Crippen molar-refractivity contribution in [3.05, 3.63) is 12.2 Å². The van der Waals surface area contributed by atoms with E-state index < -0.39 is 0 Å². The Bertz CT molecular complexity index is 314. The van der Waals surface area contributed by atoms with Gasteiger partial charge in [-0.25, -0.2) is 0 Å². The van der Waals surface area contributed by atoms with Crippen LogP contribution < -0.4 is 5.32 Å². The monoisotopic (exact) mass is 223 g/mol. The van der Waals surface area contributed by atoms with Crippen LogP contribution in [-0.4, -0.2) is 45.8 Å². The lowest BCUT2D eigenvalue weighted by Gasteiger charge is -2.29. The summed E-state index contributed by atoms with van der Waals surface area (Å²) in [5.41, 5.74) is 0. The van der Waals surface area contributed by atoms with Crippen molar-refractivity contribution in [2.75, 3.05) is 20.1 Å². The molecule has 1 saturated heterocycles. The van der Waals surface area contributed by atoms with E-state index in [-0.39, 0.29) is 0 Å².